The van der Waals surface area contributed by atoms with Crippen molar-refractivity contribution in [1.29, 1.82) is 0 Å². The van der Waals surface area contributed by atoms with Crippen LogP contribution in [0.25, 0.3) is 0 Å². The summed E-state index contributed by atoms with van der Waals surface area (Å²) in [7, 11) is 0. The van der Waals surface area contributed by atoms with Crippen LogP contribution in [0.1, 0.15) is 66.7 Å². The van der Waals surface area contributed by atoms with Gasteiger partial charge in [0.05, 0.1) is 11.7 Å². The highest BCUT2D eigenvalue weighted by atomic mass is 16.3. The van der Waals surface area contributed by atoms with Crippen molar-refractivity contribution >= 4 is 5.78 Å². The van der Waals surface area contributed by atoms with Gasteiger partial charge in [-0.3, -0.25) is 4.79 Å². The lowest BCUT2D eigenvalue weighted by Gasteiger charge is -2.58. The number of aliphatic hydroxyl groups is 3. The Bertz CT molecular complexity index is 836. The summed E-state index contributed by atoms with van der Waals surface area (Å²) in [6.45, 7) is 10.6. The molecule has 0 amide bonds. The highest BCUT2D eigenvalue weighted by molar-refractivity contribution is 6.01. The van der Waals surface area contributed by atoms with Crippen LogP contribution < -0.4 is 0 Å². The molecular formula is C28H42O4. The zero-order chi connectivity index (χ0) is 23.5. The van der Waals surface area contributed by atoms with Crippen LogP contribution in [0.3, 0.4) is 0 Å². The van der Waals surface area contributed by atoms with Crippen LogP contribution in [0.5, 0.6) is 0 Å². The fourth-order valence-electron chi connectivity index (χ4n) is 7.95. The predicted molar refractivity (Wildman–Crippen MR) is 127 cm³/mol. The Labute approximate surface area is 193 Å². The number of hydrogen-bond acceptors (Lipinski definition) is 4. The van der Waals surface area contributed by atoms with Gasteiger partial charge < -0.3 is 15.3 Å². The molecule has 3 N–H and O–H groups in total. The lowest BCUT2D eigenvalue weighted by atomic mass is 9.47. The largest absolute Gasteiger partial charge is 0.396 e. The molecule has 4 aliphatic carbocycles. The molecule has 4 nitrogen and oxygen atoms in total. The Morgan fingerprint density at radius 1 is 1.25 bits per heavy atom. The second kappa shape index (κ2) is 8.21. The van der Waals surface area contributed by atoms with E-state index in [1.165, 1.54) is 5.57 Å². The molecule has 0 spiro atoms. The van der Waals surface area contributed by atoms with E-state index in [0.717, 1.165) is 25.7 Å². The topological polar surface area (TPSA) is 77.8 Å². The Morgan fingerprint density at radius 2 is 1.97 bits per heavy atom. The molecule has 0 aliphatic heterocycles. The molecular weight excluding hydrogens is 400 g/mol. The molecule has 0 aromatic rings. The number of hydrogen-bond donors (Lipinski definition) is 3. The minimum atomic E-state index is -1.17. The number of ketones is 1. The summed E-state index contributed by atoms with van der Waals surface area (Å²) in [6.07, 6.45) is 13.3. The van der Waals surface area contributed by atoms with Crippen molar-refractivity contribution in [1.82, 2.24) is 0 Å². The highest BCUT2D eigenvalue weighted by Gasteiger charge is 2.65. The number of carbonyl (C=O) groups is 1. The third kappa shape index (κ3) is 3.58. The molecule has 178 valence electrons. The molecule has 0 aromatic carbocycles. The Balaban J connectivity index is 1.66. The minimum Gasteiger partial charge on any atom is -0.396 e. The first kappa shape index (κ1) is 23.9. The summed E-state index contributed by atoms with van der Waals surface area (Å²) in [4.78, 5) is 12.0. The van der Waals surface area contributed by atoms with Crippen LogP contribution in [0, 0.1) is 46.3 Å². The van der Waals surface area contributed by atoms with E-state index in [2.05, 4.69) is 39.8 Å². The van der Waals surface area contributed by atoms with Crippen LogP contribution in [0.4, 0.5) is 0 Å². The third-order valence-corrected chi connectivity index (χ3v) is 10.0. The van der Waals surface area contributed by atoms with E-state index in [4.69, 9.17) is 0 Å². The van der Waals surface area contributed by atoms with Gasteiger partial charge in [0.1, 0.15) is 0 Å². The highest BCUT2D eigenvalue weighted by Crippen LogP contribution is 2.67. The standard InChI is InChI=1S/C28H42O4/c1-17(2)18(3)8-12-27(5,32)25-24(31)15-23-21-7-6-19-14-20(30)9-11-26(19,4)22(21)10-13-28(23,25)16-29/h8-9,11-12,14,17-18,21-25,29,31-32H,6-7,10,13,15-16H2,1-5H3/b12-8+/t18?,21?,22?,23?,24-,25+,26-,27-,28+/m0/s1. The average molecular weight is 443 g/mol. The van der Waals surface area contributed by atoms with E-state index in [9.17, 15) is 20.1 Å². The monoisotopic (exact) mass is 442 g/mol. The second-order valence-electron chi connectivity index (χ2n) is 12.0. The smallest absolute Gasteiger partial charge is 0.178 e. The lowest BCUT2D eigenvalue weighted by molar-refractivity contribution is -0.126. The predicted octanol–water partition coefficient (Wildman–Crippen LogP) is 4.45. The molecule has 0 saturated heterocycles. The summed E-state index contributed by atoms with van der Waals surface area (Å²) < 4.78 is 0. The van der Waals surface area contributed by atoms with E-state index in [0.29, 0.717) is 30.1 Å². The van der Waals surface area contributed by atoms with Crippen molar-refractivity contribution < 1.29 is 20.1 Å². The van der Waals surface area contributed by atoms with Crippen LogP contribution in [-0.4, -0.2) is 39.4 Å². The van der Waals surface area contributed by atoms with Crippen LogP contribution in [0.2, 0.25) is 0 Å². The number of carbonyl (C=O) groups excluding carboxylic acids is 1. The zero-order valence-corrected chi connectivity index (χ0v) is 20.4. The summed E-state index contributed by atoms with van der Waals surface area (Å²) in [6, 6.07) is 0. The molecule has 0 aromatic heterocycles. The van der Waals surface area contributed by atoms with E-state index >= 15 is 0 Å². The summed E-state index contributed by atoms with van der Waals surface area (Å²) in [5.74, 6) is 1.49. The van der Waals surface area contributed by atoms with E-state index in [1.54, 1.807) is 6.08 Å². The SMILES string of the molecule is CC(C)C(C)/C=C/[C@](C)(O)[C@H]1[C@@H](O)CC2C3CCC4=CC(=O)C=C[C@]4(C)C3CC[C@@]21CO. The molecule has 9 atom stereocenters. The molecule has 0 bridgehead atoms. The van der Waals surface area contributed by atoms with Gasteiger partial charge in [-0.1, -0.05) is 51.5 Å². The van der Waals surface area contributed by atoms with Gasteiger partial charge in [-0.05, 0) is 80.8 Å². The van der Waals surface area contributed by atoms with Gasteiger partial charge in [0.2, 0.25) is 0 Å². The quantitative estimate of drug-likeness (QED) is 0.550. The van der Waals surface area contributed by atoms with Gasteiger partial charge in [0.25, 0.3) is 0 Å². The van der Waals surface area contributed by atoms with Gasteiger partial charge in [-0.25, -0.2) is 0 Å². The van der Waals surface area contributed by atoms with Crippen molar-refractivity contribution in [2.75, 3.05) is 6.61 Å². The number of aliphatic hydroxyl groups excluding tert-OH is 2. The van der Waals surface area contributed by atoms with Crippen molar-refractivity contribution in [3.05, 3.63) is 36.0 Å². The Hall–Kier alpha value is -1.23. The fourth-order valence-corrected chi connectivity index (χ4v) is 7.95. The minimum absolute atomic E-state index is 0.0000728. The molecule has 32 heavy (non-hydrogen) atoms. The molecule has 3 fully saturated rings. The third-order valence-electron chi connectivity index (χ3n) is 10.0. The van der Waals surface area contributed by atoms with Gasteiger partial charge in [0.15, 0.2) is 5.78 Å². The Kier molecular flexibility index (Phi) is 6.14. The van der Waals surface area contributed by atoms with Crippen molar-refractivity contribution in [3.63, 3.8) is 0 Å². The summed E-state index contributed by atoms with van der Waals surface area (Å²) in [5, 5.41) is 33.6. The summed E-state index contributed by atoms with van der Waals surface area (Å²) in [5.41, 5.74) is -0.513. The van der Waals surface area contributed by atoms with Crippen LogP contribution >= 0.6 is 0 Å². The van der Waals surface area contributed by atoms with Crippen molar-refractivity contribution in [2.24, 2.45) is 46.3 Å². The van der Waals surface area contributed by atoms with Crippen molar-refractivity contribution in [3.8, 4) is 0 Å². The molecule has 4 rings (SSSR count). The van der Waals surface area contributed by atoms with Gasteiger partial charge >= 0.3 is 0 Å². The second-order valence-corrected chi connectivity index (χ2v) is 12.0. The van der Waals surface area contributed by atoms with Crippen molar-refractivity contribution in [2.45, 2.75) is 78.4 Å². The molecule has 4 heteroatoms. The molecule has 0 radical (unpaired) electrons. The maximum atomic E-state index is 12.0. The van der Waals surface area contributed by atoms with Gasteiger partial charge in [-0.2, -0.15) is 0 Å². The average Bonchev–Trinajstić information content (AvgIpc) is 3.05. The zero-order valence-electron chi connectivity index (χ0n) is 20.4. The maximum Gasteiger partial charge on any atom is 0.178 e. The molecule has 0 heterocycles. The van der Waals surface area contributed by atoms with Gasteiger partial charge in [0, 0.05) is 23.4 Å². The van der Waals surface area contributed by atoms with E-state index in [1.807, 2.05) is 19.1 Å². The molecule has 4 unspecified atom stereocenters. The molecule has 3 saturated carbocycles. The number of rotatable bonds is 5. The van der Waals surface area contributed by atoms with E-state index < -0.39 is 17.1 Å². The van der Waals surface area contributed by atoms with E-state index in [-0.39, 0.29) is 29.6 Å². The van der Waals surface area contributed by atoms with Crippen LogP contribution in [0.15, 0.2) is 36.0 Å². The number of fused-ring (bicyclic) bond motifs is 5. The fraction of sp³-hybridized carbons (Fsp3) is 0.750. The number of allylic oxidation sites excluding steroid dienone is 5. The summed E-state index contributed by atoms with van der Waals surface area (Å²) >= 11 is 0. The van der Waals surface area contributed by atoms with Crippen LogP contribution in [-0.2, 0) is 4.79 Å². The molecule has 4 aliphatic rings. The lowest BCUT2D eigenvalue weighted by Crippen LogP contribution is -2.55. The first-order valence-corrected chi connectivity index (χ1v) is 12.6. The Morgan fingerprint density at radius 3 is 2.62 bits per heavy atom. The normalized spacial score (nSPS) is 44.1. The first-order chi connectivity index (χ1) is 15.0. The van der Waals surface area contributed by atoms with Gasteiger partial charge in [-0.15, -0.1) is 0 Å². The first-order valence-electron chi connectivity index (χ1n) is 12.6. The maximum absolute atomic E-state index is 12.0.